The Labute approximate surface area is 188 Å². The van der Waals surface area contributed by atoms with Crippen molar-refractivity contribution in [2.24, 2.45) is 0 Å². The van der Waals surface area contributed by atoms with E-state index in [1.807, 2.05) is 13.0 Å². The summed E-state index contributed by atoms with van der Waals surface area (Å²) in [5.41, 5.74) is 1.83. The van der Waals surface area contributed by atoms with Crippen molar-refractivity contribution < 1.29 is 18.7 Å². The van der Waals surface area contributed by atoms with Crippen molar-refractivity contribution in [2.45, 2.75) is 19.6 Å². The number of fused-ring (bicyclic) bond motifs is 1. The molecule has 4 rings (SSSR count). The van der Waals surface area contributed by atoms with E-state index in [4.69, 9.17) is 4.74 Å². The van der Waals surface area contributed by atoms with E-state index in [1.165, 1.54) is 30.6 Å². The molecule has 166 valence electrons. The minimum absolute atomic E-state index is 0.351. The van der Waals surface area contributed by atoms with Gasteiger partial charge in [-0.25, -0.2) is 9.37 Å². The fourth-order valence-electron chi connectivity index (χ4n) is 3.40. The Bertz CT molecular complexity index is 1370. The highest BCUT2D eigenvalue weighted by molar-refractivity contribution is 5.96. The maximum Gasteiger partial charge on any atom is 0.327 e. The van der Waals surface area contributed by atoms with E-state index in [0.29, 0.717) is 22.2 Å². The van der Waals surface area contributed by atoms with Crippen molar-refractivity contribution in [3.8, 4) is 0 Å². The molecular formula is C25H20FN3O4. The molecule has 33 heavy (non-hydrogen) atoms. The van der Waals surface area contributed by atoms with E-state index in [2.05, 4.69) is 10.3 Å². The molecule has 0 bridgehead atoms. The van der Waals surface area contributed by atoms with Gasteiger partial charge in [0.15, 0.2) is 0 Å². The maximum absolute atomic E-state index is 13.2. The van der Waals surface area contributed by atoms with Crippen molar-refractivity contribution in [1.29, 1.82) is 0 Å². The fourth-order valence-corrected chi connectivity index (χ4v) is 3.40. The average molecular weight is 445 g/mol. The summed E-state index contributed by atoms with van der Waals surface area (Å²) < 4.78 is 19.8. The number of hydrogen-bond donors (Lipinski definition) is 1. The van der Waals surface area contributed by atoms with Gasteiger partial charge in [0.05, 0.1) is 17.2 Å². The van der Waals surface area contributed by atoms with E-state index < -0.39 is 30.3 Å². The topological polar surface area (TPSA) is 90.3 Å². The molecular weight excluding hydrogens is 425 g/mol. The van der Waals surface area contributed by atoms with Crippen LogP contribution in [0.25, 0.3) is 10.9 Å². The molecule has 0 saturated carbocycles. The summed E-state index contributed by atoms with van der Waals surface area (Å²) in [6.07, 6.45) is 0.0183. The number of esters is 1. The number of para-hydroxylation sites is 1. The van der Waals surface area contributed by atoms with Crippen LogP contribution in [0.15, 0.2) is 83.9 Å². The van der Waals surface area contributed by atoms with Crippen LogP contribution in [-0.2, 0) is 20.9 Å². The van der Waals surface area contributed by atoms with Gasteiger partial charge in [0.1, 0.15) is 12.4 Å². The summed E-state index contributed by atoms with van der Waals surface area (Å²) in [6.45, 7) is 1.43. The van der Waals surface area contributed by atoms with E-state index in [0.717, 1.165) is 10.1 Å². The molecule has 8 heteroatoms. The molecule has 0 radical (unpaired) electrons. The molecule has 1 aromatic heterocycles. The molecule has 1 heterocycles. The Morgan fingerprint density at radius 3 is 2.48 bits per heavy atom. The third-order valence-corrected chi connectivity index (χ3v) is 5.06. The molecule has 4 aromatic rings. The van der Waals surface area contributed by atoms with Crippen LogP contribution in [0, 0.1) is 12.7 Å². The van der Waals surface area contributed by atoms with Gasteiger partial charge in [-0.15, -0.1) is 0 Å². The van der Waals surface area contributed by atoms with Crippen molar-refractivity contribution in [3.05, 3.63) is 106 Å². The van der Waals surface area contributed by atoms with Gasteiger partial charge in [0.25, 0.3) is 11.5 Å². The number of rotatable bonds is 6. The smallest absolute Gasteiger partial charge is 0.327 e. The molecule has 7 nitrogen and oxygen atoms in total. The predicted octanol–water partition coefficient (Wildman–Crippen LogP) is 3.77. The molecule has 0 saturated heterocycles. The number of amides is 1. The van der Waals surface area contributed by atoms with E-state index >= 15 is 0 Å². The SMILES string of the molecule is Cc1cccc2c(=O)n(CC(=O)OC(C(=O)Nc3ccc(F)cc3)c3ccccc3)cnc12. The van der Waals surface area contributed by atoms with Gasteiger partial charge in [-0.1, -0.05) is 42.5 Å². The number of benzene rings is 3. The molecule has 1 N–H and O–H groups in total. The van der Waals surface area contributed by atoms with Gasteiger partial charge in [0, 0.05) is 11.3 Å². The number of anilines is 1. The highest BCUT2D eigenvalue weighted by Gasteiger charge is 2.25. The van der Waals surface area contributed by atoms with Crippen molar-refractivity contribution in [1.82, 2.24) is 9.55 Å². The number of aryl methyl sites for hydroxylation is 1. The quantitative estimate of drug-likeness (QED) is 0.457. The lowest BCUT2D eigenvalue weighted by Crippen LogP contribution is -2.30. The maximum atomic E-state index is 13.2. The van der Waals surface area contributed by atoms with Gasteiger partial charge < -0.3 is 10.1 Å². The Morgan fingerprint density at radius 1 is 1.03 bits per heavy atom. The normalized spacial score (nSPS) is 11.7. The van der Waals surface area contributed by atoms with E-state index in [1.54, 1.807) is 42.5 Å². The van der Waals surface area contributed by atoms with E-state index in [9.17, 15) is 18.8 Å². The molecule has 0 aliphatic heterocycles. The number of nitrogens with one attached hydrogen (secondary N) is 1. The number of halogens is 1. The highest BCUT2D eigenvalue weighted by Crippen LogP contribution is 2.21. The van der Waals surface area contributed by atoms with Crippen LogP contribution in [-0.4, -0.2) is 21.4 Å². The zero-order chi connectivity index (χ0) is 23.4. The minimum atomic E-state index is -1.27. The third kappa shape index (κ3) is 4.95. The fraction of sp³-hybridized carbons (Fsp3) is 0.120. The summed E-state index contributed by atoms with van der Waals surface area (Å²) in [5.74, 6) is -1.83. The van der Waals surface area contributed by atoms with Crippen LogP contribution < -0.4 is 10.9 Å². The molecule has 1 amide bonds. The van der Waals surface area contributed by atoms with Crippen LogP contribution in [0.2, 0.25) is 0 Å². The van der Waals surface area contributed by atoms with Crippen LogP contribution >= 0.6 is 0 Å². The highest BCUT2D eigenvalue weighted by atomic mass is 19.1. The Morgan fingerprint density at radius 2 is 1.76 bits per heavy atom. The number of hydrogen-bond acceptors (Lipinski definition) is 5. The summed E-state index contributed by atoms with van der Waals surface area (Å²) in [6, 6.07) is 18.9. The number of carbonyl (C=O) groups excluding carboxylic acids is 2. The van der Waals surface area contributed by atoms with Crippen molar-refractivity contribution in [2.75, 3.05) is 5.32 Å². The van der Waals surface area contributed by atoms with Gasteiger partial charge in [-0.3, -0.25) is 19.0 Å². The monoisotopic (exact) mass is 445 g/mol. The minimum Gasteiger partial charge on any atom is -0.446 e. The second kappa shape index (κ2) is 9.44. The predicted molar refractivity (Wildman–Crippen MR) is 121 cm³/mol. The molecule has 1 unspecified atom stereocenters. The van der Waals surface area contributed by atoms with Crippen LogP contribution in [0.4, 0.5) is 10.1 Å². The molecule has 0 aliphatic rings. The number of ether oxygens (including phenoxy) is 1. The molecule has 0 aliphatic carbocycles. The first kappa shape index (κ1) is 21.9. The Balaban J connectivity index is 1.56. The summed E-state index contributed by atoms with van der Waals surface area (Å²) in [4.78, 5) is 42.7. The van der Waals surface area contributed by atoms with Crippen LogP contribution in [0.3, 0.4) is 0 Å². The third-order valence-electron chi connectivity index (χ3n) is 5.06. The molecule has 0 fully saturated rings. The first-order valence-electron chi connectivity index (χ1n) is 10.2. The summed E-state index contributed by atoms with van der Waals surface area (Å²) in [7, 11) is 0. The molecule has 3 aromatic carbocycles. The van der Waals surface area contributed by atoms with Crippen LogP contribution in [0.1, 0.15) is 17.2 Å². The van der Waals surface area contributed by atoms with Gasteiger partial charge in [-0.2, -0.15) is 0 Å². The zero-order valence-electron chi connectivity index (χ0n) is 17.7. The van der Waals surface area contributed by atoms with Crippen molar-refractivity contribution in [3.63, 3.8) is 0 Å². The number of nitrogens with zero attached hydrogens (tertiary/aromatic N) is 2. The van der Waals surface area contributed by atoms with Gasteiger partial charge in [-0.05, 0) is 42.8 Å². The zero-order valence-corrected chi connectivity index (χ0v) is 17.7. The first-order valence-corrected chi connectivity index (χ1v) is 10.2. The lowest BCUT2D eigenvalue weighted by Gasteiger charge is -2.18. The first-order chi connectivity index (χ1) is 15.9. The van der Waals surface area contributed by atoms with Crippen molar-refractivity contribution >= 4 is 28.5 Å². The Kier molecular flexibility index (Phi) is 6.26. The van der Waals surface area contributed by atoms with Crippen LogP contribution in [0.5, 0.6) is 0 Å². The average Bonchev–Trinajstić information content (AvgIpc) is 2.82. The number of carbonyl (C=O) groups is 2. The lowest BCUT2D eigenvalue weighted by atomic mass is 10.1. The summed E-state index contributed by atoms with van der Waals surface area (Å²) >= 11 is 0. The van der Waals surface area contributed by atoms with E-state index in [-0.39, 0.29) is 5.56 Å². The molecule has 0 spiro atoms. The summed E-state index contributed by atoms with van der Waals surface area (Å²) in [5, 5.41) is 3.00. The molecule has 1 atom stereocenters. The second-order valence-corrected chi connectivity index (χ2v) is 7.43. The van der Waals surface area contributed by atoms with Gasteiger partial charge in [0.2, 0.25) is 6.10 Å². The lowest BCUT2D eigenvalue weighted by molar-refractivity contribution is -0.155. The largest absolute Gasteiger partial charge is 0.446 e. The van der Waals surface area contributed by atoms with Gasteiger partial charge >= 0.3 is 5.97 Å². The standard InChI is InChI=1S/C25H20FN3O4/c1-16-6-5-9-20-22(16)27-15-29(25(20)32)14-21(30)33-23(17-7-3-2-4-8-17)24(31)28-19-12-10-18(26)11-13-19/h2-13,15,23H,14H2,1H3,(H,28,31). The Hall–Kier alpha value is -4.33. The number of aromatic nitrogens is 2. The second-order valence-electron chi connectivity index (χ2n) is 7.43.